The molecule has 0 saturated heterocycles. The lowest BCUT2D eigenvalue weighted by Gasteiger charge is -2.30. The molecule has 0 atom stereocenters. The highest BCUT2D eigenvalue weighted by molar-refractivity contribution is 7.41. The van der Waals surface area contributed by atoms with Gasteiger partial charge in [-0.3, -0.25) is 0 Å². The van der Waals surface area contributed by atoms with Gasteiger partial charge in [-0.05, 0) is 142 Å². The van der Waals surface area contributed by atoms with E-state index in [1.165, 1.54) is 303 Å². The van der Waals surface area contributed by atoms with Crippen molar-refractivity contribution >= 4 is 56.0 Å². The van der Waals surface area contributed by atoms with E-state index in [0.717, 1.165) is 69.6 Å². The van der Waals surface area contributed by atoms with Gasteiger partial charge in [-0.1, -0.05) is 418 Å². The predicted molar refractivity (Wildman–Crippen MR) is 428 cm³/mol. The minimum atomic E-state index is -3.63. The van der Waals surface area contributed by atoms with Crippen LogP contribution in [0.1, 0.15) is 345 Å². The molecule has 0 fully saturated rings. The van der Waals surface area contributed by atoms with Crippen molar-refractivity contribution in [3.05, 3.63) is 179 Å². The molecule has 0 aromatic heterocycles. The molecule has 6 aromatic rings. The molecule has 0 N–H and O–H groups in total. The van der Waals surface area contributed by atoms with Crippen LogP contribution in [0.25, 0.3) is 0 Å². The molecule has 6 heteroatoms. The highest BCUT2D eigenvalue weighted by Crippen LogP contribution is 2.35. The normalized spacial score (nSPS) is 11.9. The maximum absolute atomic E-state index is 16.7. The number of unbranched alkanes of at least 4 members (excludes halogenated alkanes) is 36. The van der Waals surface area contributed by atoms with Gasteiger partial charge in [0.05, 0.1) is 0 Å². The van der Waals surface area contributed by atoms with E-state index in [9.17, 15) is 0 Å². The maximum atomic E-state index is 16.7. The smallest absolute Gasteiger partial charge is 0.159 e. The van der Waals surface area contributed by atoms with Crippen LogP contribution in [0.5, 0.6) is 0 Å². The Kier molecular flexibility index (Phi) is 42.2. The van der Waals surface area contributed by atoms with Crippen molar-refractivity contribution in [2.75, 3.05) is 0 Å². The zero-order valence-electron chi connectivity index (χ0n) is 62.5. The van der Waals surface area contributed by atoms with Crippen molar-refractivity contribution in [3.63, 3.8) is 0 Å². The standard InChI is InChI=1S/C90H138O3PSi2/c1-7-13-19-25-31-37-43-49-79-55-67-85(68-56-79)95(86-69-57-80(58-70-86)50-44-38-32-26-20-14-8-2,87-71-59-81(60-72-87)51-45-39-33-27-21-15-9-3)92-94(91)93-96(88-73-61-82(62-74-88)52-46-40-34-28-22-16-10-4,89-75-63-83(64-76-89)53-47-41-35-29-23-17-11-5)90-77-65-84(66-78-90)54-48-42-36-30-24-18-12-6/h55-78H,7-54H2,1-6H3/q+1. The summed E-state index contributed by atoms with van der Waals surface area (Å²) in [5.41, 5.74) is 8.16. The number of benzene rings is 6. The van der Waals surface area contributed by atoms with Gasteiger partial charge in [0, 0.05) is 4.57 Å². The summed E-state index contributed by atoms with van der Waals surface area (Å²) in [5, 5.41) is 6.69. The van der Waals surface area contributed by atoms with Gasteiger partial charge in [0.15, 0.2) is 0 Å². The third kappa shape index (κ3) is 29.2. The number of rotatable bonds is 58. The Morgan fingerprint density at radius 3 is 0.458 bits per heavy atom. The predicted octanol–water partition coefficient (Wildman–Crippen LogP) is 24.8. The van der Waals surface area contributed by atoms with Crippen molar-refractivity contribution in [1.29, 1.82) is 0 Å². The Hall–Kier alpha value is -4.23. The van der Waals surface area contributed by atoms with Crippen LogP contribution in [-0.4, -0.2) is 16.6 Å². The van der Waals surface area contributed by atoms with Gasteiger partial charge in [0.25, 0.3) is 0 Å². The van der Waals surface area contributed by atoms with Gasteiger partial charge in [0.2, 0.25) is 0 Å². The Bertz CT molecular complexity index is 2370. The fraction of sp³-hybridized carbons (Fsp3) is 0.600. The fourth-order valence-corrected chi connectivity index (χ4v) is 25.3. The molecule has 6 rings (SSSR count). The zero-order valence-corrected chi connectivity index (χ0v) is 65.4. The van der Waals surface area contributed by atoms with Crippen molar-refractivity contribution < 1.29 is 13.0 Å². The molecule has 0 aliphatic rings. The summed E-state index contributed by atoms with van der Waals surface area (Å²) in [6.07, 6.45) is 60.7. The lowest BCUT2D eigenvalue weighted by atomic mass is 10.0. The molecular weight excluding hydrogens is 1220 g/mol. The van der Waals surface area contributed by atoms with Crippen LogP contribution >= 0.6 is 8.25 Å². The molecule has 0 unspecified atom stereocenters. The van der Waals surface area contributed by atoms with Gasteiger partial charge >= 0.3 is 24.9 Å². The lowest BCUT2D eigenvalue weighted by Crippen LogP contribution is -2.70. The van der Waals surface area contributed by atoms with Gasteiger partial charge < -0.3 is 0 Å². The third-order valence-electron chi connectivity index (χ3n) is 21.0. The molecule has 0 amide bonds. The minimum absolute atomic E-state index is 1.06. The Balaban J connectivity index is 1.47. The summed E-state index contributed by atoms with van der Waals surface area (Å²) < 4.78 is 32.5. The fourth-order valence-electron chi connectivity index (χ4n) is 14.7. The Morgan fingerprint density at radius 1 is 0.198 bits per heavy atom. The lowest BCUT2D eigenvalue weighted by molar-refractivity contribution is 0.424. The Morgan fingerprint density at radius 2 is 0.323 bits per heavy atom. The van der Waals surface area contributed by atoms with Gasteiger partial charge in [0.1, 0.15) is 0 Å². The van der Waals surface area contributed by atoms with Crippen molar-refractivity contribution in [1.82, 2.24) is 0 Å². The number of hydrogen-bond donors (Lipinski definition) is 0. The van der Waals surface area contributed by atoms with Crippen LogP contribution in [0, 0.1) is 0 Å². The molecule has 0 aliphatic carbocycles. The zero-order chi connectivity index (χ0) is 67.8. The third-order valence-corrected chi connectivity index (χ3v) is 31.3. The average Bonchev–Trinajstić information content (AvgIpc) is 0.749. The van der Waals surface area contributed by atoms with Crippen molar-refractivity contribution in [2.45, 2.75) is 350 Å². The molecule has 0 radical (unpaired) electrons. The molecule has 3 nitrogen and oxygen atoms in total. The molecular formula is C90H138O3PSi2+. The van der Waals surface area contributed by atoms with E-state index in [1.807, 2.05) is 0 Å². The largest absolute Gasteiger partial charge is 0.675 e. The molecule has 6 aromatic carbocycles. The monoisotopic (exact) mass is 1350 g/mol. The second-order valence-electron chi connectivity index (χ2n) is 29.2. The quantitative estimate of drug-likeness (QED) is 0.0165. The summed E-state index contributed by atoms with van der Waals surface area (Å²) in [7, 11) is -10.0. The molecule has 0 saturated carbocycles. The molecule has 96 heavy (non-hydrogen) atoms. The molecule has 0 spiro atoms. The maximum Gasteiger partial charge on any atom is 0.675 e. The SMILES string of the molecule is CCCCCCCCCc1ccc([Si](O[P+](=O)O[Si](c2ccc(CCCCCCCCC)cc2)(c2ccc(CCCCCCCCC)cc2)c2ccc(CCCCCCCCC)cc2)(c2ccc(CCCCCCCCC)cc2)c2ccc(CCCCCCCCC)cc2)cc1. The van der Waals surface area contributed by atoms with Crippen molar-refractivity contribution in [3.8, 4) is 0 Å². The van der Waals surface area contributed by atoms with E-state index >= 15 is 4.57 Å². The van der Waals surface area contributed by atoms with E-state index in [2.05, 4.69) is 187 Å². The highest BCUT2D eigenvalue weighted by atomic mass is 31.1. The van der Waals surface area contributed by atoms with Crippen LogP contribution in [0.4, 0.5) is 0 Å². The molecule has 0 aliphatic heterocycles. The van der Waals surface area contributed by atoms with Gasteiger partial charge in [-0.2, -0.15) is 8.43 Å². The molecule has 0 heterocycles. The number of hydrogen-bond acceptors (Lipinski definition) is 3. The van der Waals surface area contributed by atoms with Gasteiger partial charge in [-0.15, -0.1) is 0 Å². The summed E-state index contributed by atoms with van der Waals surface area (Å²) in [4.78, 5) is 0. The highest BCUT2D eigenvalue weighted by Gasteiger charge is 2.57. The van der Waals surface area contributed by atoms with E-state index in [0.29, 0.717) is 0 Å². The summed E-state index contributed by atoms with van der Waals surface area (Å²) >= 11 is 0. The van der Waals surface area contributed by atoms with E-state index in [4.69, 9.17) is 8.43 Å². The van der Waals surface area contributed by atoms with E-state index in [-0.39, 0.29) is 0 Å². The van der Waals surface area contributed by atoms with E-state index in [1.54, 1.807) is 0 Å². The Labute approximate surface area is 594 Å². The second-order valence-corrected chi connectivity index (χ2v) is 37.3. The van der Waals surface area contributed by atoms with Crippen molar-refractivity contribution in [2.24, 2.45) is 0 Å². The summed E-state index contributed by atoms with van der Waals surface area (Å²) in [6, 6.07) is 56.6. The molecule has 528 valence electrons. The summed E-state index contributed by atoms with van der Waals surface area (Å²) in [5.74, 6) is 0. The first kappa shape index (κ1) is 80.7. The van der Waals surface area contributed by atoms with Crippen LogP contribution in [0.3, 0.4) is 0 Å². The first-order chi connectivity index (χ1) is 47.3. The average molecular weight is 1360 g/mol. The van der Waals surface area contributed by atoms with Crippen LogP contribution < -0.4 is 31.1 Å². The van der Waals surface area contributed by atoms with Gasteiger partial charge in [-0.25, -0.2) is 0 Å². The topological polar surface area (TPSA) is 35.5 Å². The first-order valence-electron chi connectivity index (χ1n) is 40.7. The van der Waals surface area contributed by atoms with Crippen LogP contribution in [0.2, 0.25) is 0 Å². The summed E-state index contributed by atoms with van der Waals surface area (Å²) in [6.45, 7) is 13.8. The minimum Gasteiger partial charge on any atom is -0.159 e. The van der Waals surface area contributed by atoms with E-state index < -0.39 is 24.9 Å². The van der Waals surface area contributed by atoms with Crippen LogP contribution in [0.15, 0.2) is 146 Å². The van der Waals surface area contributed by atoms with Crippen LogP contribution in [-0.2, 0) is 51.5 Å². The first-order valence-corrected chi connectivity index (χ1v) is 45.7. The molecule has 0 bridgehead atoms. The second kappa shape index (κ2) is 50.2. The number of aryl methyl sites for hydroxylation is 6.